The highest BCUT2D eigenvalue weighted by Gasteiger charge is 2.35. The monoisotopic (exact) mass is 492 g/mol. The minimum absolute atomic E-state index is 0.125. The van der Waals surface area contributed by atoms with Crippen LogP contribution in [0.3, 0.4) is 0 Å². The molecule has 7 heteroatoms. The molecule has 1 aliphatic carbocycles. The van der Waals surface area contributed by atoms with Crippen molar-refractivity contribution in [1.82, 2.24) is 5.32 Å². The van der Waals surface area contributed by atoms with Crippen LogP contribution in [0.5, 0.6) is 11.5 Å². The lowest BCUT2D eigenvalue weighted by molar-refractivity contribution is -0.127. The number of para-hydroxylation sites is 2. The Bertz CT molecular complexity index is 1110. The van der Waals surface area contributed by atoms with E-state index in [1.54, 1.807) is 12.0 Å². The van der Waals surface area contributed by atoms with E-state index in [0.29, 0.717) is 18.0 Å². The molecule has 4 rings (SSSR count). The van der Waals surface area contributed by atoms with Gasteiger partial charge in [-0.1, -0.05) is 43.2 Å². The summed E-state index contributed by atoms with van der Waals surface area (Å²) < 4.78 is 11.2. The highest BCUT2D eigenvalue weighted by molar-refractivity contribution is 7.10. The molecule has 6 nitrogen and oxygen atoms in total. The Labute approximate surface area is 210 Å². The zero-order chi connectivity index (χ0) is 24.6. The van der Waals surface area contributed by atoms with Crippen LogP contribution in [0.15, 0.2) is 66.0 Å². The SMILES string of the molecule is CCOc1ccc(C(C(=O)NC2CCCC2)N(C(=O)Cc2cccs2)c2ccccc2OC)cc1. The van der Waals surface area contributed by atoms with Gasteiger partial charge >= 0.3 is 0 Å². The maximum atomic E-state index is 13.9. The molecule has 1 saturated carbocycles. The lowest BCUT2D eigenvalue weighted by Gasteiger charge is -2.33. The first-order valence-corrected chi connectivity index (χ1v) is 13.0. The molecule has 1 atom stereocenters. The first kappa shape index (κ1) is 24.8. The Morgan fingerprint density at radius 1 is 1.06 bits per heavy atom. The first-order chi connectivity index (χ1) is 17.1. The van der Waals surface area contributed by atoms with Crippen LogP contribution in [0, 0.1) is 0 Å². The van der Waals surface area contributed by atoms with Crippen LogP contribution in [0.4, 0.5) is 5.69 Å². The van der Waals surface area contributed by atoms with E-state index in [4.69, 9.17) is 9.47 Å². The second-order valence-corrected chi connectivity index (χ2v) is 9.62. The molecule has 1 aromatic heterocycles. The third kappa shape index (κ3) is 6.03. The van der Waals surface area contributed by atoms with Gasteiger partial charge in [-0.25, -0.2) is 0 Å². The molecule has 0 radical (unpaired) electrons. The van der Waals surface area contributed by atoms with Crippen LogP contribution < -0.4 is 19.7 Å². The molecular weight excluding hydrogens is 460 g/mol. The van der Waals surface area contributed by atoms with Gasteiger partial charge in [0.1, 0.15) is 17.5 Å². The van der Waals surface area contributed by atoms with E-state index in [9.17, 15) is 9.59 Å². The summed E-state index contributed by atoms with van der Waals surface area (Å²) in [6.07, 6.45) is 4.32. The van der Waals surface area contributed by atoms with Gasteiger partial charge in [-0.2, -0.15) is 0 Å². The van der Waals surface area contributed by atoms with Gasteiger partial charge in [0.2, 0.25) is 11.8 Å². The normalized spacial score (nSPS) is 14.3. The van der Waals surface area contributed by atoms with Gasteiger partial charge in [0.15, 0.2) is 0 Å². The second kappa shape index (κ2) is 11.9. The zero-order valence-corrected chi connectivity index (χ0v) is 21.1. The highest BCUT2D eigenvalue weighted by atomic mass is 32.1. The number of anilines is 1. The van der Waals surface area contributed by atoms with Crippen molar-refractivity contribution in [2.45, 2.75) is 51.1 Å². The summed E-state index contributed by atoms with van der Waals surface area (Å²) in [5.74, 6) is 0.903. The predicted molar refractivity (Wildman–Crippen MR) is 139 cm³/mol. The quantitative estimate of drug-likeness (QED) is 0.404. The minimum Gasteiger partial charge on any atom is -0.495 e. The number of nitrogens with zero attached hydrogens (tertiary/aromatic N) is 1. The van der Waals surface area contributed by atoms with Crippen LogP contribution >= 0.6 is 11.3 Å². The van der Waals surface area contributed by atoms with Crippen LogP contribution in [-0.2, 0) is 16.0 Å². The van der Waals surface area contributed by atoms with Gasteiger partial charge < -0.3 is 14.8 Å². The maximum absolute atomic E-state index is 13.9. The molecule has 1 N–H and O–H groups in total. The first-order valence-electron chi connectivity index (χ1n) is 12.1. The van der Waals surface area contributed by atoms with E-state index in [-0.39, 0.29) is 24.3 Å². The highest BCUT2D eigenvalue weighted by Crippen LogP contribution is 2.36. The number of ether oxygens (including phenoxy) is 2. The van der Waals surface area contributed by atoms with E-state index in [2.05, 4.69) is 5.32 Å². The van der Waals surface area contributed by atoms with Crippen molar-refractivity contribution in [2.75, 3.05) is 18.6 Å². The number of carbonyl (C=O) groups is 2. The fourth-order valence-corrected chi connectivity index (χ4v) is 5.27. The van der Waals surface area contributed by atoms with E-state index in [0.717, 1.165) is 41.9 Å². The second-order valence-electron chi connectivity index (χ2n) is 8.59. The minimum atomic E-state index is -0.852. The number of nitrogens with one attached hydrogen (secondary N) is 1. The summed E-state index contributed by atoms with van der Waals surface area (Å²) in [5.41, 5.74) is 1.28. The van der Waals surface area contributed by atoms with Gasteiger partial charge in [0.25, 0.3) is 0 Å². The van der Waals surface area contributed by atoms with Crippen LogP contribution in [0.2, 0.25) is 0 Å². The number of benzene rings is 2. The van der Waals surface area contributed by atoms with E-state index in [1.165, 1.54) is 11.3 Å². The maximum Gasteiger partial charge on any atom is 0.248 e. The van der Waals surface area contributed by atoms with Crippen molar-refractivity contribution >= 4 is 28.8 Å². The Hall–Kier alpha value is -3.32. The summed E-state index contributed by atoms with van der Waals surface area (Å²) in [4.78, 5) is 30.3. The van der Waals surface area contributed by atoms with E-state index < -0.39 is 6.04 Å². The molecule has 1 aliphatic rings. The number of hydrogen-bond acceptors (Lipinski definition) is 5. The standard InChI is InChI=1S/C28H32N2O4S/c1-3-34-22-16-14-20(15-17-22)27(28(32)29-21-9-4-5-10-21)30(24-12-6-7-13-25(24)33-2)26(31)19-23-11-8-18-35-23/h6-8,11-18,21,27H,3-5,9-10,19H2,1-2H3,(H,29,32). The topological polar surface area (TPSA) is 67.9 Å². The molecule has 1 fully saturated rings. The summed E-state index contributed by atoms with van der Waals surface area (Å²) >= 11 is 1.53. The van der Waals surface area contributed by atoms with Gasteiger partial charge in [0.05, 0.1) is 25.8 Å². The average Bonchev–Trinajstić information content (AvgIpc) is 3.58. The Morgan fingerprint density at radius 2 is 1.80 bits per heavy atom. The van der Waals surface area contributed by atoms with Crippen molar-refractivity contribution in [3.63, 3.8) is 0 Å². The van der Waals surface area contributed by atoms with Crippen molar-refractivity contribution in [3.8, 4) is 11.5 Å². The molecular formula is C28H32N2O4S. The lowest BCUT2D eigenvalue weighted by Crippen LogP contribution is -2.47. The summed E-state index contributed by atoms with van der Waals surface area (Å²) in [5, 5.41) is 5.17. The number of amides is 2. The average molecular weight is 493 g/mol. The van der Waals surface area contributed by atoms with E-state index in [1.807, 2.05) is 73.0 Å². The third-order valence-corrected chi connectivity index (χ3v) is 7.11. The number of carbonyl (C=O) groups excluding carboxylic acids is 2. The Kier molecular flexibility index (Phi) is 8.42. The van der Waals surface area contributed by atoms with Crippen molar-refractivity contribution in [2.24, 2.45) is 0 Å². The van der Waals surface area contributed by atoms with Crippen molar-refractivity contribution in [1.29, 1.82) is 0 Å². The fraction of sp³-hybridized carbons (Fsp3) is 0.357. The Morgan fingerprint density at radius 3 is 2.46 bits per heavy atom. The number of rotatable bonds is 10. The molecule has 2 aromatic carbocycles. The van der Waals surface area contributed by atoms with Gasteiger partial charge in [-0.05, 0) is 61.0 Å². The molecule has 2 amide bonds. The molecule has 0 spiro atoms. The summed E-state index contributed by atoms with van der Waals surface area (Å²) in [6.45, 7) is 2.48. The van der Waals surface area contributed by atoms with Crippen LogP contribution in [0.25, 0.3) is 0 Å². The molecule has 0 bridgehead atoms. The van der Waals surface area contributed by atoms with Crippen LogP contribution in [-0.4, -0.2) is 31.6 Å². The van der Waals surface area contributed by atoms with Crippen LogP contribution in [0.1, 0.15) is 49.1 Å². The van der Waals surface area contributed by atoms with E-state index >= 15 is 0 Å². The fourth-order valence-electron chi connectivity index (χ4n) is 4.57. The Balaban J connectivity index is 1.78. The third-order valence-electron chi connectivity index (χ3n) is 6.23. The number of methoxy groups -OCH3 is 1. The van der Waals surface area contributed by atoms with Gasteiger partial charge in [-0.15, -0.1) is 11.3 Å². The number of thiophene rings is 1. The van der Waals surface area contributed by atoms with Crippen molar-refractivity contribution in [3.05, 3.63) is 76.5 Å². The van der Waals surface area contributed by atoms with Gasteiger partial charge in [0, 0.05) is 10.9 Å². The molecule has 3 aromatic rings. The lowest BCUT2D eigenvalue weighted by atomic mass is 10.0. The molecule has 0 aliphatic heterocycles. The summed E-state index contributed by atoms with van der Waals surface area (Å²) in [7, 11) is 1.57. The van der Waals surface area contributed by atoms with Crippen molar-refractivity contribution < 1.29 is 19.1 Å². The zero-order valence-electron chi connectivity index (χ0n) is 20.2. The molecule has 1 unspecified atom stereocenters. The largest absolute Gasteiger partial charge is 0.495 e. The van der Waals surface area contributed by atoms with Gasteiger partial charge in [-0.3, -0.25) is 14.5 Å². The molecule has 1 heterocycles. The smallest absolute Gasteiger partial charge is 0.248 e. The summed E-state index contributed by atoms with van der Waals surface area (Å²) in [6, 6.07) is 17.9. The number of hydrogen-bond donors (Lipinski definition) is 1. The predicted octanol–water partition coefficient (Wildman–Crippen LogP) is 5.53. The molecule has 35 heavy (non-hydrogen) atoms. The molecule has 0 saturated heterocycles. The molecule has 184 valence electrons.